The highest BCUT2D eigenvalue weighted by atomic mass is 79.9. The van der Waals surface area contributed by atoms with Crippen LogP contribution in [0, 0.1) is 5.92 Å². The maximum atomic E-state index is 3.41. The second kappa shape index (κ2) is 5.04. The summed E-state index contributed by atoms with van der Waals surface area (Å²) >= 11 is 3.41. The van der Waals surface area contributed by atoms with Crippen LogP contribution in [-0.4, -0.2) is 0 Å². The summed E-state index contributed by atoms with van der Waals surface area (Å²) in [6.07, 6.45) is 4.82. The lowest BCUT2D eigenvalue weighted by atomic mass is 10.1. The summed E-state index contributed by atoms with van der Waals surface area (Å²) in [7, 11) is 0. The van der Waals surface area contributed by atoms with Gasteiger partial charge in [-0.25, -0.2) is 0 Å². The molecule has 0 aliphatic carbocycles. The molecule has 1 atom stereocenters. The molecule has 0 rings (SSSR count). The van der Waals surface area contributed by atoms with E-state index in [0.29, 0.717) is 0 Å². The van der Waals surface area contributed by atoms with E-state index >= 15 is 0 Å². The number of allylic oxidation sites excluding steroid dienone is 2. The molecule has 0 saturated heterocycles. The van der Waals surface area contributed by atoms with E-state index in [9.17, 15) is 0 Å². The van der Waals surface area contributed by atoms with Gasteiger partial charge in [-0.05, 0) is 23.7 Å². The Morgan fingerprint density at radius 3 is 2.56 bits per heavy atom. The Morgan fingerprint density at radius 1 is 1.67 bits per heavy atom. The second-order valence-corrected chi connectivity index (χ2v) is 3.77. The van der Waals surface area contributed by atoms with E-state index in [1.807, 2.05) is 0 Å². The fourth-order valence-electron chi connectivity index (χ4n) is 0.931. The molecule has 0 radical (unpaired) electrons. The van der Waals surface area contributed by atoms with Crippen LogP contribution in [0.3, 0.4) is 0 Å². The van der Waals surface area contributed by atoms with Gasteiger partial charge in [-0.2, -0.15) is 0 Å². The first kappa shape index (κ1) is 9.22. The Bertz CT molecular complexity index is 90.7. The summed E-state index contributed by atoms with van der Waals surface area (Å²) in [5.41, 5.74) is 0. The van der Waals surface area contributed by atoms with Crippen molar-refractivity contribution in [2.45, 2.75) is 33.6 Å². The van der Waals surface area contributed by atoms with E-state index in [4.69, 9.17) is 0 Å². The van der Waals surface area contributed by atoms with Crippen molar-refractivity contribution >= 4 is 15.9 Å². The number of halogens is 1. The Kier molecular flexibility index (Phi) is 5.16. The van der Waals surface area contributed by atoms with Crippen LogP contribution in [0.4, 0.5) is 0 Å². The monoisotopic (exact) mass is 190 g/mol. The minimum absolute atomic E-state index is 0.731. The first-order chi connectivity index (χ1) is 4.16. The van der Waals surface area contributed by atoms with Crippen LogP contribution in [0.1, 0.15) is 33.6 Å². The van der Waals surface area contributed by atoms with E-state index in [2.05, 4.69) is 42.8 Å². The molecule has 1 heteroatoms. The molecule has 0 aromatic rings. The van der Waals surface area contributed by atoms with Crippen molar-refractivity contribution in [3.8, 4) is 0 Å². The van der Waals surface area contributed by atoms with Gasteiger partial charge in [-0.3, -0.25) is 0 Å². The van der Waals surface area contributed by atoms with Gasteiger partial charge in [0.2, 0.25) is 0 Å². The minimum Gasteiger partial charge on any atom is -0.0718 e. The average molecular weight is 191 g/mol. The Hall–Kier alpha value is 0.220. The molecule has 0 heterocycles. The zero-order valence-electron chi connectivity index (χ0n) is 6.45. The molecule has 9 heavy (non-hydrogen) atoms. The number of hydrogen-bond donors (Lipinski definition) is 0. The number of hydrogen-bond acceptors (Lipinski definition) is 0. The molecule has 54 valence electrons. The molecular weight excluding hydrogens is 176 g/mol. The van der Waals surface area contributed by atoms with Crippen LogP contribution in [0.5, 0.6) is 0 Å². The van der Waals surface area contributed by atoms with Crippen LogP contribution in [-0.2, 0) is 0 Å². The molecule has 0 aliphatic rings. The molecule has 0 N–H and O–H groups in total. The van der Waals surface area contributed by atoms with Gasteiger partial charge in [0.05, 0.1) is 0 Å². The van der Waals surface area contributed by atoms with Gasteiger partial charge in [0, 0.05) is 0 Å². The van der Waals surface area contributed by atoms with Crippen LogP contribution in [0.25, 0.3) is 0 Å². The van der Waals surface area contributed by atoms with E-state index in [-0.39, 0.29) is 0 Å². The molecule has 0 aromatic heterocycles. The zero-order valence-corrected chi connectivity index (χ0v) is 8.03. The lowest BCUT2D eigenvalue weighted by Gasteiger charge is -2.01. The molecular formula is C8H15Br. The molecule has 0 saturated carbocycles. The second-order valence-electron chi connectivity index (χ2n) is 2.52. The van der Waals surface area contributed by atoms with Gasteiger partial charge in [0.15, 0.2) is 0 Å². The van der Waals surface area contributed by atoms with E-state index < -0.39 is 0 Å². The van der Waals surface area contributed by atoms with Gasteiger partial charge >= 0.3 is 0 Å². The molecule has 0 aliphatic heterocycles. The van der Waals surface area contributed by atoms with Gasteiger partial charge in [0.1, 0.15) is 0 Å². The summed E-state index contributed by atoms with van der Waals surface area (Å²) < 4.78 is 1.25. The van der Waals surface area contributed by atoms with E-state index in [1.54, 1.807) is 0 Å². The largest absolute Gasteiger partial charge is 0.0718 e. The van der Waals surface area contributed by atoms with Gasteiger partial charge in [0.25, 0.3) is 0 Å². The van der Waals surface area contributed by atoms with Crippen LogP contribution in [0.15, 0.2) is 10.6 Å². The van der Waals surface area contributed by atoms with Crippen LogP contribution in [0.2, 0.25) is 0 Å². The smallest absolute Gasteiger partial charge is 0.0118 e. The predicted molar refractivity (Wildman–Crippen MR) is 46.8 cm³/mol. The average Bonchev–Trinajstić information content (AvgIpc) is 1.63. The fraction of sp³-hybridized carbons (Fsp3) is 0.750. The Morgan fingerprint density at radius 2 is 2.22 bits per heavy atom. The van der Waals surface area contributed by atoms with Crippen molar-refractivity contribution in [1.29, 1.82) is 0 Å². The molecule has 0 bridgehead atoms. The lowest BCUT2D eigenvalue weighted by Crippen LogP contribution is -1.87. The van der Waals surface area contributed by atoms with Crippen LogP contribution < -0.4 is 0 Å². The highest BCUT2D eigenvalue weighted by molar-refractivity contribution is 9.11. The Labute approximate surface area is 66.5 Å². The quantitative estimate of drug-likeness (QED) is 0.637. The molecule has 1 unspecified atom stereocenters. The Balaban J connectivity index is 3.49. The standard InChI is InChI=1S/C8H15Br/c1-4-5-7(2)6-8(3)9/h6-7H,4-5H2,1-3H3. The zero-order chi connectivity index (χ0) is 7.28. The molecule has 0 fully saturated rings. The minimum atomic E-state index is 0.731. The van der Waals surface area contributed by atoms with Gasteiger partial charge in [-0.15, -0.1) is 0 Å². The fourth-order valence-corrected chi connectivity index (χ4v) is 1.38. The van der Waals surface area contributed by atoms with Crippen LogP contribution >= 0.6 is 15.9 Å². The molecule has 0 nitrogen and oxygen atoms in total. The van der Waals surface area contributed by atoms with Crippen molar-refractivity contribution in [1.82, 2.24) is 0 Å². The van der Waals surface area contributed by atoms with Crippen molar-refractivity contribution in [3.05, 3.63) is 10.6 Å². The molecule has 0 amide bonds. The van der Waals surface area contributed by atoms with Crippen molar-refractivity contribution in [2.75, 3.05) is 0 Å². The topological polar surface area (TPSA) is 0 Å². The maximum absolute atomic E-state index is 3.41. The lowest BCUT2D eigenvalue weighted by molar-refractivity contribution is 0.633. The predicted octanol–water partition coefficient (Wildman–Crippen LogP) is 3.72. The maximum Gasteiger partial charge on any atom is -0.0118 e. The summed E-state index contributed by atoms with van der Waals surface area (Å²) in [6.45, 7) is 6.54. The SMILES string of the molecule is CCCC(C)C=C(C)Br. The summed E-state index contributed by atoms with van der Waals surface area (Å²) in [4.78, 5) is 0. The summed E-state index contributed by atoms with van der Waals surface area (Å²) in [5.74, 6) is 0.731. The van der Waals surface area contributed by atoms with Crippen molar-refractivity contribution < 1.29 is 0 Å². The number of rotatable bonds is 3. The summed E-state index contributed by atoms with van der Waals surface area (Å²) in [5, 5.41) is 0. The van der Waals surface area contributed by atoms with E-state index in [0.717, 1.165) is 5.92 Å². The molecule has 0 aromatic carbocycles. The third kappa shape index (κ3) is 6.10. The highest BCUT2D eigenvalue weighted by Crippen LogP contribution is 2.12. The van der Waals surface area contributed by atoms with Gasteiger partial charge < -0.3 is 0 Å². The highest BCUT2D eigenvalue weighted by Gasteiger charge is 1.93. The summed E-state index contributed by atoms with van der Waals surface area (Å²) in [6, 6.07) is 0. The first-order valence-corrected chi connectivity index (χ1v) is 4.30. The first-order valence-electron chi connectivity index (χ1n) is 3.50. The third-order valence-electron chi connectivity index (χ3n) is 1.26. The van der Waals surface area contributed by atoms with E-state index in [1.165, 1.54) is 17.3 Å². The molecule has 0 spiro atoms. The third-order valence-corrected chi connectivity index (χ3v) is 1.52. The van der Waals surface area contributed by atoms with Crippen molar-refractivity contribution in [3.63, 3.8) is 0 Å². The normalized spacial score (nSPS) is 15.8. The van der Waals surface area contributed by atoms with Gasteiger partial charge in [-0.1, -0.05) is 42.3 Å². The van der Waals surface area contributed by atoms with Crippen molar-refractivity contribution in [2.24, 2.45) is 5.92 Å².